The van der Waals surface area contributed by atoms with E-state index in [1.807, 2.05) is 6.07 Å². The summed E-state index contributed by atoms with van der Waals surface area (Å²) in [6.45, 7) is 0.254. The highest BCUT2D eigenvalue weighted by atomic mass is 32.2. The molecule has 4 nitrogen and oxygen atoms in total. The van der Waals surface area contributed by atoms with Crippen LogP contribution >= 0.6 is 0 Å². The number of hydrogen-bond donors (Lipinski definition) is 2. The van der Waals surface area contributed by atoms with Crippen LogP contribution < -0.4 is 10.5 Å². The summed E-state index contributed by atoms with van der Waals surface area (Å²) in [5.74, 6) is 5.63. The maximum absolute atomic E-state index is 12.2. The molecular formula is C14H18N2O2S. The van der Waals surface area contributed by atoms with Crippen LogP contribution in [0.25, 0.3) is 0 Å². The van der Waals surface area contributed by atoms with Gasteiger partial charge in [0.1, 0.15) is 0 Å². The monoisotopic (exact) mass is 278 g/mol. The third-order valence-electron chi connectivity index (χ3n) is 3.25. The van der Waals surface area contributed by atoms with Crippen LogP contribution in [-0.4, -0.2) is 20.2 Å². The maximum atomic E-state index is 12.2. The summed E-state index contributed by atoms with van der Waals surface area (Å²) in [6, 6.07) is 7.14. The molecule has 1 saturated carbocycles. The molecule has 0 amide bonds. The molecule has 1 fully saturated rings. The molecule has 0 bridgehead atoms. The van der Waals surface area contributed by atoms with E-state index in [0.29, 0.717) is 11.3 Å². The average Bonchev–Trinajstić information content (AvgIpc) is 2.92. The molecule has 19 heavy (non-hydrogen) atoms. The van der Waals surface area contributed by atoms with Crippen molar-refractivity contribution in [2.24, 2.45) is 5.73 Å². The minimum atomic E-state index is -3.31. The highest BCUT2D eigenvalue weighted by molar-refractivity contribution is 7.93. The second kappa shape index (κ2) is 6.09. The second-order valence-electron chi connectivity index (χ2n) is 4.61. The van der Waals surface area contributed by atoms with Gasteiger partial charge in [0.05, 0.1) is 17.5 Å². The van der Waals surface area contributed by atoms with Gasteiger partial charge in [-0.1, -0.05) is 36.8 Å². The highest BCUT2D eigenvalue weighted by Crippen LogP contribution is 2.27. The Kier molecular flexibility index (Phi) is 4.46. The van der Waals surface area contributed by atoms with Gasteiger partial charge in [-0.25, -0.2) is 8.42 Å². The number of nitrogens with one attached hydrogen (secondary N) is 1. The van der Waals surface area contributed by atoms with Crippen molar-refractivity contribution < 1.29 is 8.42 Å². The van der Waals surface area contributed by atoms with Crippen LogP contribution in [0.4, 0.5) is 5.69 Å². The molecule has 1 aromatic rings. The van der Waals surface area contributed by atoms with Crippen molar-refractivity contribution in [1.29, 1.82) is 0 Å². The zero-order valence-electron chi connectivity index (χ0n) is 10.7. The Morgan fingerprint density at radius 2 is 1.95 bits per heavy atom. The molecule has 1 aliphatic carbocycles. The molecule has 1 aromatic carbocycles. The minimum Gasteiger partial charge on any atom is -0.320 e. The van der Waals surface area contributed by atoms with Gasteiger partial charge in [-0.2, -0.15) is 0 Å². The van der Waals surface area contributed by atoms with E-state index in [9.17, 15) is 8.42 Å². The lowest BCUT2D eigenvalue weighted by Gasteiger charge is -2.14. The number of rotatable bonds is 3. The van der Waals surface area contributed by atoms with Crippen molar-refractivity contribution in [3.63, 3.8) is 0 Å². The molecule has 2 rings (SSSR count). The highest BCUT2D eigenvalue weighted by Gasteiger charge is 2.28. The molecule has 102 valence electrons. The summed E-state index contributed by atoms with van der Waals surface area (Å²) in [6.07, 6.45) is 3.46. The summed E-state index contributed by atoms with van der Waals surface area (Å²) < 4.78 is 27.2. The molecule has 0 aromatic heterocycles. The van der Waals surface area contributed by atoms with Crippen LogP contribution in [0.3, 0.4) is 0 Å². The molecule has 0 spiro atoms. The topological polar surface area (TPSA) is 72.2 Å². The van der Waals surface area contributed by atoms with E-state index in [2.05, 4.69) is 16.6 Å². The number of benzene rings is 1. The molecule has 3 N–H and O–H groups in total. The Labute approximate surface area is 114 Å². The van der Waals surface area contributed by atoms with Gasteiger partial charge in [0.25, 0.3) is 0 Å². The van der Waals surface area contributed by atoms with Crippen molar-refractivity contribution in [3.8, 4) is 11.8 Å². The summed E-state index contributed by atoms with van der Waals surface area (Å²) in [4.78, 5) is 0. The fraction of sp³-hybridized carbons (Fsp3) is 0.429. The second-order valence-corrected chi connectivity index (χ2v) is 6.57. The fourth-order valence-electron chi connectivity index (χ4n) is 2.26. The fourth-order valence-corrected chi connectivity index (χ4v) is 3.87. The van der Waals surface area contributed by atoms with Crippen LogP contribution in [0.2, 0.25) is 0 Å². The van der Waals surface area contributed by atoms with Gasteiger partial charge < -0.3 is 5.73 Å². The van der Waals surface area contributed by atoms with Gasteiger partial charge in [0.15, 0.2) is 0 Å². The standard InChI is InChI=1S/C14H18N2O2S/c15-11-5-7-12-6-1-4-10-14(12)16-19(17,18)13-8-2-3-9-13/h1,4,6,10,13,16H,2-3,8-9,11,15H2. The molecule has 0 saturated heterocycles. The number of hydrogen-bond acceptors (Lipinski definition) is 3. The molecule has 0 heterocycles. The van der Waals surface area contributed by atoms with E-state index < -0.39 is 10.0 Å². The molecule has 0 aliphatic heterocycles. The summed E-state index contributed by atoms with van der Waals surface area (Å²) in [5, 5.41) is -0.275. The van der Waals surface area contributed by atoms with E-state index in [1.165, 1.54) is 0 Å². The number of anilines is 1. The van der Waals surface area contributed by atoms with Crippen LogP contribution in [0.15, 0.2) is 24.3 Å². The molecular weight excluding hydrogens is 260 g/mol. The lowest BCUT2D eigenvalue weighted by Crippen LogP contribution is -2.25. The van der Waals surface area contributed by atoms with Crippen LogP contribution in [-0.2, 0) is 10.0 Å². The van der Waals surface area contributed by atoms with Gasteiger partial charge in [0.2, 0.25) is 10.0 Å². The number of sulfonamides is 1. The first kappa shape index (κ1) is 13.9. The Morgan fingerprint density at radius 1 is 1.26 bits per heavy atom. The maximum Gasteiger partial charge on any atom is 0.235 e. The normalized spacial score (nSPS) is 15.8. The molecule has 5 heteroatoms. The van der Waals surface area contributed by atoms with E-state index in [1.54, 1.807) is 18.2 Å². The molecule has 0 radical (unpaired) electrons. The van der Waals surface area contributed by atoms with Gasteiger partial charge in [-0.3, -0.25) is 4.72 Å². The SMILES string of the molecule is NCC#Cc1ccccc1NS(=O)(=O)C1CCCC1. The Morgan fingerprint density at radius 3 is 2.63 bits per heavy atom. The van der Waals surface area contributed by atoms with E-state index in [-0.39, 0.29) is 11.8 Å². The number of nitrogens with two attached hydrogens (primary N) is 1. The van der Waals surface area contributed by atoms with Crippen molar-refractivity contribution in [2.45, 2.75) is 30.9 Å². The van der Waals surface area contributed by atoms with Crippen molar-refractivity contribution in [1.82, 2.24) is 0 Å². The van der Waals surface area contributed by atoms with Crippen LogP contribution in [0.1, 0.15) is 31.2 Å². The minimum absolute atomic E-state index is 0.254. The Hall–Kier alpha value is -1.51. The Bertz CT molecular complexity index is 593. The first-order valence-corrected chi connectivity index (χ1v) is 7.98. The third-order valence-corrected chi connectivity index (χ3v) is 5.10. The lowest BCUT2D eigenvalue weighted by atomic mass is 10.2. The van der Waals surface area contributed by atoms with Gasteiger partial charge >= 0.3 is 0 Å². The molecule has 0 unspecified atom stereocenters. The summed E-state index contributed by atoms with van der Waals surface area (Å²) in [5.41, 5.74) is 6.54. The first-order chi connectivity index (χ1) is 9.13. The largest absolute Gasteiger partial charge is 0.320 e. The molecule has 1 aliphatic rings. The quantitative estimate of drug-likeness (QED) is 0.826. The van der Waals surface area contributed by atoms with Crippen molar-refractivity contribution in [3.05, 3.63) is 29.8 Å². The predicted molar refractivity (Wildman–Crippen MR) is 77.2 cm³/mol. The third kappa shape index (κ3) is 3.49. The zero-order chi connectivity index (χ0) is 13.7. The van der Waals surface area contributed by atoms with Crippen molar-refractivity contribution >= 4 is 15.7 Å². The predicted octanol–water partition coefficient (Wildman–Crippen LogP) is 1.68. The van der Waals surface area contributed by atoms with Crippen molar-refractivity contribution in [2.75, 3.05) is 11.3 Å². The van der Waals surface area contributed by atoms with E-state index >= 15 is 0 Å². The van der Waals surface area contributed by atoms with E-state index in [0.717, 1.165) is 25.7 Å². The summed E-state index contributed by atoms with van der Waals surface area (Å²) in [7, 11) is -3.31. The molecule has 0 atom stereocenters. The van der Waals surface area contributed by atoms with Gasteiger partial charge in [-0.05, 0) is 25.0 Å². The van der Waals surface area contributed by atoms with Crippen LogP contribution in [0, 0.1) is 11.8 Å². The smallest absolute Gasteiger partial charge is 0.235 e. The summed E-state index contributed by atoms with van der Waals surface area (Å²) >= 11 is 0. The number of para-hydroxylation sites is 1. The first-order valence-electron chi connectivity index (χ1n) is 6.43. The van der Waals surface area contributed by atoms with Crippen LogP contribution in [0.5, 0.6) is 0 Å². The Balaban J connectivity index is 2.23. The van der Waals surface area contributed by atoms with Gasteiger partial charge in [-0.15, -0.1) is 0 Å². The van der Waals surface area contributed by atoms with Gasteiger partial charge in [0, 0.05) is 5.56 Å². The van der Waals surface area contributed by atoms with E-state index in [4.69, 9.17) is 5.73 Å². The zero-order valence-corrected chi connectivity index (χ0v) is 11.5. The lowest BCUT2D eigenvalue weighted by molar-refractivity contribution is 0.585. The average molecular weight is 278 g/mol.